The van der Waals surface area contributed by atoms with Gasteiger partial charge in [0.05, 0.1) is 11.0 Å². The Bertz CT molecular complexity index is 254. The van der Waals surface area contributed by atoms with Gasteiger partial charge in [0, 0.05) is 6.42 Å². The molecule has 0 aromatic heterocycles. The van der Waals surface area contributed by atoms with E-state index in [1.165, 1.54) is 6.92 Å². The highest BCUT2D eigenvalue weighted by atomic mass is 32.2. The lowest BCUT2D eigenvalue weighted by Crippen LogP contribution is -2.23. The van der Waals surface area contributed by atoms with Gasteiger partial charge in [-0.25, -0.2) is 8.42 Å². The molecule has 0 aromatic carbocycles. The third-order valence-electron chi connectivity index (χ3n) is 1.97. The van der Waals surface area contributed by atoms with Gasteiger partial charge >= 0.3 is 0 Å². The second-order valence-electron chi connectivity index (χ2n) is 3.44. The van der Waals surface area contributed by atoms with Crippen molar-refractivity contribution >= 4 is 15.6 Å². The number of rotatable bonds is 6. The first-order chi connectivity index (χ1) is 5.90. The molecule has 0 spiro atoms. The lowest BCUT2D eigenvalue weighted by Gasteiger charge is -2.10. The maximum absolute atomic E-state index is 11.5. The number of ketones is 1. The Morgan fingerprint density at radius 2 is 1.92 bits per heavy atom. The standard InChI is InChI=1S/C9H18O3S/c1-4-5-6-13(11,12)9(3)7-8(2)10/h9H,4-7H2,1-3H3. The number of Topliss-reactive ketones (excluding diaryl/α,β-unsaturated/α-hetero) is 1. The lowest BCUT2D eigenvalue weighted by atomic mass is 10.2. The fraction of sp³-hybridized carbons (Fsp3) is 0.889. The molecule has 0 N–H and O–H groups in total. The molecule has 4 heteroatoms. The summed E-state index contributed by atoms with van der Waals surface area (Å²) in [6, 6.07) is 0. The number of carbonyl (C=O) groups excluding carboxylic acids is 1. The Balaban J connectivity index is 4.20. The van der Waals surface area contributed by atoms with Crippen LogP contribution in [-0.4, -0.2) is 25.2 Å². The smallest absolute Gasteiger partial charge is 0.153 e. The van der Waals surface area contributed by atoms with Crippen molar-refractivity contribution in [2.45, 2.75) is 45.3 Å². The summed E-state index contributed by atoms with van der Waals surface area (Å²) in [6.45, 7) is 4.98. The van der Waals surface area contributed by atoms with Crippen LogP contribution in [0.25, 0.3) is 0 Å². The van der Waals surface area contributed by atoms with Gasteiger partial charge in [-0.2, -0.15) is 0 Å². The third-order valence-corrected chi connectivity index (χ3v) is 4.22. The van der Waals surface area contributed by atoms with Crippen LogP contribution in [0, 0.1) is 0 Å². The first kappa shape index (κ1) is 12.6. The predicted molar refractivity (Wildman–Crippen MR) is 53.5 cm³/mol. The SMILES string of the molecule is CCCCS(=O)(=O)C(C)CC(C)=O. The summed E-state index contributed by atoms with van der Waals surface area (Å²) in [5, 5.41) is -0.517. The van der Waals surface area contributed by atoms with Crippen LogP contribution in [0.5, 0.6) is 0 Å². The Morgan fingerprint density at radius 3 is 2.31 bits per heavy atom. The quantitative estimate of drug-likeness (QED) is 0.663. The molecule has 78 valence electrons. The van der Waals surface area contributed by atoms with Crippen LogP contribution in [-0.2, 0) is 14.6 Å². The van der Waals surface area contributed by atoms with Crippen molar-refractivity contribution in [1.82, 2.24) is 0 Å². The predicted octanol–water partition coefficient (Wildman–Crippen LogP) is 1.57. The Kier molecular flexibility index (Phi) is 5.21. The molecular formula is C9H18O3S. The average molecular weight is 206 g/mol. The molecule has 0 saturated carbocycles. The van der Waals surface area contributed by atoms with Crippen molar-refractivity contribution in [3.8, 4) is 0 Å². The molecule has 0 aromatic rings. The molecule has 13 heavy (non-hydrogen) atoms. The van der Waals surface area contributed by atoms with Crippen molar-refractivity contribution in [1.29, 1.82) is 0 Å². The fourth-order valence-corrected chi connectivity index (χ4v) is 2.66. The molecule has 0 heterocycles. The molecule has 0 rings (SSSR count). The molecule has 1 atom stereocenters. The highest BCUT2D eigenvalue weighted by Crippen LogP contribution is 2.09. The van der Waals surface area contributed by atoms with E-state index < -0.39 is 15.1 Å². The first-order valence-electron chi connectivity index (χ1n) is 4.61. The minimum absolute atomic E-state index is 0.0624. The Hall–Kier alpha value is -0.380. The summed E-state index contributed by atoms with van der Waals surface area (Å²) >= 11 is 0. The van der Waals surface area contributed by atoms with E-state index in [9.17, 15) is 13.2 Å². The molecule has 1 unspecified atom stereocenters. The van der Waals surface area contributed by atoms with Crippen molar-refractivity contribution in [2.75, 3.05) is 5.75 Å². The number of sulfone groups is 1. The van der Waals surface area contributed by atoms with Gasteiger partial charge in [-0.05, 0) is 20.3 Å². The number of hydrogen-bond acceptors (Lipinski definition) is 3. The van der Waals surface area contributed by atoms with Crippen LogP contribution in [0.15, 0.2) is 0 Å². The monoisotopic (exact) mass is 206 g/mol. The van der Waals surface area contributed by atoms with E-state index in [-0.39, 0.29) is 18.0 Å². The molecule has 0 saturated heterocycles. The van der Waals surface area contributed by atoms with Gasteiger partial charge in [-0.15, -0.1) is 0 Å². The normalized spacial score (nSPS) is 14.1. The lowest BCUT2D eigenvalue weighted by molar-refractivity contribution is -0.116. The second kappa shape index (κ2) is 5.37. The summed E-state index contributed by atoms with van der Waals surface area (Å²) in [6.07, 6.45) is 1.70. The van der Waals surface area contributed by atoms with E-state index >= 15 is 0 Å². The minimum Gasteiger partial charge on any atom is -0.300 e. The number of unbranched alkanes of at least 4 members (excludes halogenated alkanes) is 1. The topological polar surface area (TPSA) is 51.2 Å². The molecular weight excluding hydrogens is 188 g/mol. The molecule has 0 aliphatic heterocycles. The summed E-state index contributed by atoms with van der Waals surface area (Å²) in [4.78, 5) is 10.7. The largest absolute Gasteiger partial charge is 0.300 e. The average Bonchev–Trinajstić information content (AvgIpc) is 1.99. The molecule has 0 fully saturated rings. The Labute approximate surface area is 80.4 Å². The number of carbonyl (C=O) groups is 1. The zero-order chi connectivity index (χ0) is 10.5. The van der Waals surface area contributed by atoms with Crippen LogP contribution < -0.4 is 0 Å². The van der Waals surface area contributed by atoms with E-state index in [1.807, 2.05) is 6.92 Å². The van der Waals surface area contributed by atoms with E-state index in [2.05, 4.69) is 0 Å². The van der Waals surface area contributed by atoms with Crippen molar-refractivity contribution in [3.63, 3.8) is 0 Å². The van der Waals surface area contributed by atoms with E-state index in [0.29, 0.717) is 6.42 Å². The van der Waals surface area contributed by atoms with Crippen molar-refractivity contribution in [2.24, 2.45) is 0 Å². The van der Waals surface area contributed by atoms with Crippen LogP contribution in [0.4, 0.5) is 0 Å². The van der Waals surface area contributed by atoms with Crippen LogP contribution in [0.3, 0.4) is 0 Å². The summed E-state index contributed by atoms with van der Waals surface area (Å²) in [5.74, 6) is 0.144. The van der Waals surface area contributed by atoms with Crippen molar-refractivity contribution < 1.29 is 13.2 Å². The zero-order valence-corrected chi connectivity index (χ0v) is 9.36. The van der Waals surface area contributed by atoms with Gasteiger partial charge in [0.1, 0.15) is 5.78 Å². The Morgan fingerprint density at radius 1 is 1.38 bits per heavy atom. The third kappa shape index (κ3) is 5.03. The maximum Gasteiger partial charge on any atom is 0.153 e. The highest BCUT2D eigenvalue weighted by Gasteiger charge is 2.21. The van der Waals surface area contributed by atoms with Crippen molar-refractivity contribution in [3.05, 3.63) is 0 Å². The second-order valence-corrected chi connectivity index (χ2v) is 5.98. The highest BCUT2D eigenvalue weighted by molar-refractivity contribution is 7.92. The fourth-order valence-electron chi connectivity index (χ4n) is 1.08. The van der Waals surface area contributed by atoms with Gasteiger partial charge in [-0.3, -0.25) is 4.79 Å². The molecule has 0 aliphatic rings. The summed E-state index contributed by atoms with van der Waals surface area (Å²) < 4.78 is 22.9. The molecule has 0 radical (unpaired) electrons. The van der Waals surface area contributed by atoms with E-state index in [0.717, 1.165) is 6.42 Å². The van der Waals surface area contributed by atoms with Gasteiger partial charge in [0.25, 0.3) is 0 Å². The van der Waals surface area contributed by atoms with Gasteiger partial charge in [0.2, 0.25) is 0 Å². The van der Waals surface area contributed by atoms with E-state index in [4.69, 9.17) is 0 Å². The molecule has 3 nitrogen and oxygen atoms in total. The van der Waals surface area contributed by atoms with Crippen LogP contribution in [0.1, 0.15) is 40.0 Å². The van der Waals surface area contributed by atoms with Crippen LogP contribution in [0.2, 0.25) is 0 Å². The molecule has 0 bridgehead atoms. The van der Waals surface area contributed by atoms with Gasteiger partial charge in [-0.1, -0.05) is 13.3 Å². The maximum atomic E-state index is 11.5. The zero-order valence-electron chi connectivity index (χ0n) is 8.54. The van der Waals surface area contributed by atoms with E-state index in [1.54, 1.807) is 6.92 Å². The summed E-state index contributed by atoms with van der Waals surface area (Å²) in [7, 11) is -3.04. The molecule has 0 amide bonds. The first-order valence-corrected chi connectivity index (χ1v) is 6.32. The van der Waals surface area contributed by atoms with Gasteiger partial charge in [0.15, 0.2) is 9.84 Å². The van der Waals surface area contributed by atoms with Gasteiger partial charge < -0.3 is 0 Å². The summed E-state index contributed by atoms with van der Waals surface area (Å²) in [5.41, 5.74) is 0. The number of hydrogen-bond donors (Lipinski definition) is 0. The van der Waals surface area contributed by atoms with Crippen LogP contribution >= 0.6 is 0 Å². The minimum atomic E-state index is -3.04. The molecule has 0 aliphatic carbocycles.